The Labute approximate surface area is 106 Å². The van der Waals surface area contributed by atoms with Gasteiger partial charge in [0.2, 0.25) is 5.91 Å². The molecule has 2 aliphatic rings. The van der Waals surface area contributed by atoms with Gasteiger partial charge in [0.05, 0.1) is 11.4 Å². The summed E-state index contributed by atoms with van der Waals surface area (Å²) in [4.78, 5) is 14.6. The molecule has 1 aromatic rings. The van der Waals surface area contributed by atoms with Gasteiger partial charge in [0.1, 0.15) is 0 Å². The first kappa shape index (κ1) is 11.1. The van der Waals surface area contributed by atoms with Gasteiger partial charge < -0.3 is 10.2 Å². The molecule has 0 aromatic heterocycles. The van der Waals surface area contributed by atoms with Crippen LogP contribution in [0, 0.1) is 0 Å². The molecule has 1 saturated heterocycles. The van der Waals surface area contributed by atoms with Crippen LogP contribution in [0.4, 0.5) is 5.69 Å². The molecule has 1 aromatic carbocycles. The summed E-state index contributed by atoms with van der Waals surface area (Å²) in [6.07, 6.45) is 1.22. The van der Waals surface area contributed by atoms with Crippen molar-refractivity contribution in [2.45, 2.75) is 17.2 Å². The number of nitrogens with zero attached hydrogens (tertiary/aromatic N) is 1. The van der Waals surface area contributed by atoms with Crippen molar-refractivity contribution in [3.8, 4) is 0 Å². The van der Waals surface area contributed by atoms with E-state index in [0.29, 0.717) is 11.7 Å². The van der Waals surface area contributed by atoms with E-state index in [4.69, 9.17) is 0 Å². The molecule has 1 N–H and O–H groups in total. The first-order valence-electron chi connectivity index (χ1n) is 6.00. The second kappa shape index (κ2) is 4.35. The lowest BCUT2D eigenvalue weighted by Gasteiger charge is -2.26. The smallest absolute Gasteiger partial charge is 0.237 e. The number of hydrogen-bond acceptors (Lipinski definition) is 3. The van der Waals surface area contributed by atoms with Crippen LogP contribution in [0.5, 0.6) is 0 Å². The lowest BCUT2D eigenvalue weighted by Crippen LogP contribution is -2.31. The molecule has 0 aliphatic carbocycles. The fraction of sp³-hybridized carbons (Fsp3) is 0.462. The summed E-state index contributed by atoms with van der Waals surface area (Å²) in [5.41, 5.74) is 2.46. The summed E-state index contributed by atoms with van der Waals surface area (Å²) in [5.74, 6) is 1.40. The zero-order chi connectivity index (χ0) is 11.8. The van der Waals surface area contributed by atoms with E-state index < -0.39 is 0 Å². The first-order valence-corrected chi connectivity index (χ1v) is 6.98. The number of carbonyl (C=O) groups is 1. The highest BCUT2D eigenvalue weighted by Gasteiger charge is 2.23. The molecule has 1 amide bonds. The molecule has 17 heavy (non-hydrogen) atoms. The molecule has 1 fully saturated rings. The third kappa shape index (κ3) is 1.96. The van der Waals surface area contributed by atoms with E-state index in [-0.39, 0.29) is 5.91 Å². The minimum Gasteiger partial charge on any atom is -0.316 e. The van der Waals surface area contributed by atoms with E-state index in [9.17, 15) is 4.79 Å². The zero-order valence-electron chi connectivity index (χ0n) is 9.90. The standard InChI is InChI=1S/C13H16N2OS/c1-15-11-3-2-9(10-4-5-14-7-10)6-12(11)17-8-13(15)16/h2-3,6,10,14H,4-5,7-8H2,1H3. The average molecular weight is 248 g/mol. The maximum absolute atomic E-state index is 11.6. The van der Waals surface area contributed by atoms with Crippen LogP contribution in [-0.2, 0) is 4.79 Å². The number of rotatable bonds is 1. The Kier molecular flexibility index (Phi) is 2.84. The largest absolute Gasteiger partial charge is 0.316 e. The highest BCUT2D eigenvalue weighted by atomic mass is 32.2. The Morgan fingerprint density at radius 3 is 3.12 bits per heavy atom. The van der Waals surface area contributed by atoms with E-state index in [1.165, 1.54) is 16.9 Å². The molecule has 4 heteroatoms. The molecule has 2 aliphatic heterocycles. The third-order valence-corrected chi connectivity index (χ3v) is 4.63. The number of nitrogens with one attached hydrogen (secondary N) is 1. The highest BCUT2D eigenvalue weighted by Crippen LogP contribution is 2.37. The van der Waals surface area contributed by atoms with Crippen LogP contribution in [0.1, 0.15) is 17.9 Å². The molecule has 1 unspecified atom stereocenters. The van der Waals surface area contributed by atoms with Crippen LogP contribution >= 0.6 is 11.8 Å². The average Bonchev–Trinajstić information content (AvgIpc) is 2.87. The van der Waals surface area contributed by atoms with Crippen molar-refractivity contribution in [2.75, 3.05) is 30.8 Å². The molecule has 3 rings (SSSR count). The number of amides is 1. The molecule has 0 bridgehead atoms. The first-order chi connectivity index (χ1) is 8.25. The second-order valence-corrected chi connectivity index (χ2v) is 5.68. The summed E-state index contributed by atoms with van der Waals surface area (Å²) < 4.78 is 0. The normalized spacial score (nSPS) is 23.9. The molecular weight excluding hydrogens is 232 g/mol. The van der Waals surface area contributed by atoms with E-state index in [2.05, 4.69) is 23.5 Å². The van der Waals surface area contributed by atoms with E-state index in [0.717, 1.165) is 18.8 Å². The fourth-order valence-corrected chi connectivity index (χ4v) is 3.53. The quantitative estimate of drug-likeness (QED) is 0.823. The summed E-state index contributed by atoms with van der Waals surface area (Å²) in [6.45, 7) is 2.20. The van der Waals surface area contributed by atoms with Crippen molar-refractivity contribution in [1.82, 2.24) is 5.32 Å². The summed E-state index contributed by atoms with van der Waals surface area (Å²) in [5, 5.41) is 3.40. The molecule has 2 heterocycles. The Hall–Kier alpha value is -1.00. The van der Waals surface area contributed by atoms with Crippen molar-refractivity contribution in [2.24, 2.45) is 0 Å². The van der Waals surface area contributed by atoms with Gasteiger partial charge in [0.15, 0.2) is 0 Å². The van der Waals surface area contributed by atoms with E-state index in [1.807, 2.05) is 7.05 Å². The highest BCUT2D eigenvalue weighted by molar-refractivity contribution is 8.00. The van der Waals surface area contributed by atoms with Crippen LogP contribution in [0.2, 0.25) is 0 Å². The molecule has 3 nitrogen and oxygen atoms in total. The summed E-state index contributed by atoms with van der Waals surface area (Å²) >= 11 is 1.66. The Morgan fingerprint density at radius 2 is 2.35 bits per heavy atom. The monoisotopic (exact) mass is 248 g/mol. The maximum Gasteiger partial charge on any atom is 0.237 e. The topological polar surface area (TPSA) is 32.3 Å². The van der Waals surface area contributed by atoms with Crippen LogP contribution in [0.3, 0.4) is 0 Å². The molecule has 90 valence electrons. The van der Waals surface area contributed by atoms with Crippen LogP contribution in [-0.4, -0.2) is 31.8 Å². The van der Waals surface area contributed by atoms with Gasteiger partial charge in [-0.15, -0.1) is 11.8 Å². The van der Waals surface area contributed by atoms with Crippen molar-refractivity contribution in [3.63, 3.8) is 0 Å². The van der Waals surface area contributed by atoms with Crippen molar-refractivity contribution >= 4 is 23.4 Å². The Balaban J connectivity index is 1.93. The van der Waals surface area contributed by atoms with Crippen LogP contribution in [0.25, 0.3) is 0 Å². The third-order valence-electron chi connectivity index (χ3n) is 3.60. The number of fused-ring (bicyclic) bond motifs is 1. The van der Waals surface area contributed by atoms with Gasteiger partial charge in [-0.1, -0.05) is 6.07 Å². The summed E-state index contributed by atoms with van der Waals surface area (Å²) in [6, 6.07) is 6.53. The second-order valence-electron chi connectivity index (χ2n) is 4.66. The van der Waals surface area contributed by atoms with Crippen molar-refractivity contribution < 1.29 is 4.79 Å². The van der Waals surface area contributed by atoms with Crippen molar-refractivity contribution in [3.05, 3.63) is 23.8 Å². The van der Waals surface area contributed by atoms with Crippen LogP contribution in [0.15, 0.2) is 23.1 Å². The Bertz CT molecular complexity index is 455. The molecule has 1 atom stereocenters. The van der Waals surface area contributed by atoms with Gasteiger partial charge >= 0.3 is 0 Å². The van der Waals surface area contributed by atoms with Gasteiger partial charge in [-0.3, -0.25) is 4.79 Å². The van der Waals surface area contributed by atoms with Crippen LogP contribution < -0.4 is 10.2 Å². The predicted octanol–water partition coefficient (Wildman–Crippen LogP) is 1.83. The zero-order valence-corrected chi connectivity index (χ0v) is 10.7. The van der Waals surface area contributed by atoms with Gasteiger partial charge in [0.25, 0.3) is 0 Å². The van der Waals surface area contributed by atoms with Gasteiger partial charge in [-0.2, -0.15) is 0 Å². The SMILES string of the molecule is CN1C(=O)CSc2cc(C3CCNC3)ccc21. The fourth-order valence-electron chi connectivity index (χ4n) is 2.49. The number of hydrogen-bond donors (Lipinski definition) is 1. The number of thioether (sulfide) groups is 1. The molecule has 0 radical (unpaired) electrons. The van der Waals surface area contributed by atoms with E-state index in [1.54, 1.807) is 16.7 Å². The predicted molar refractivity (Wildman–Crippen MR) is 70.8 cm³/mol. The lowest BCUT2D eigenvalue weighted by molar-refractivity contribution is -0.116. The van der Waals surface area contributed by atoms with E-state index >= 15 is 0 Å². The number of anilines is 1. The number of benzene rings is 1. The molecule has 0 saturated carbocycles. The minimum absolute atomic E-state index is 0.192. The molecule has 0 spiro atoms. The Morgan fingerprint density at radius 1 is 1.47 bits per heavy atom. The van der Waals surface area contributed by atoms with Crippen molar-refractivity contribution in [1.29, 1.82) is 0 Å². The number of carbonyl (C=O) groups excluding carboxylic acids is 1. The summed E-state index contributed by atoms with van der Waals surface area (Å²) in [7, 11) is 1.86. The van der Waals surface area contributed by atoms with Gasteiger partial charge in [-0.25, -0.2) is 0 Å². The molecular formula is C13H16N2OS. The lowest BCUT2D eigenvalue weighted by atomic mass is 9.98. The van der Waals surface area contributed by atoms with Gasteiger partial charge in [0, 0.05) is 18.5 Å². The minimum atomic E-state index is 0.192. The maximum atomic E-state index is 11.6. The van der Waals surface area contributed by atoms with Gasteiger partial charge in [-0.05, 0) is 36.6 Å².